The molecule has 3 N–H and O–H groups in total. The van der Waals surface area contributed by atoms with Gasteiger partial charge in [-0.2, -0.15) is 0 Å². The summed E-state index contributed by atoms with van der Waals surface area (Å²) in [6.07, 6.45) is 1.83. The molecule has 0 saturated heterocycles. The second-order valence-electron chi connectivity index (χ2n) is 5.91. The minimum atomic E-state index is 0.442. The third-order valence-electron chi connectivity index (χ3n) is 4.17. The molecule has 0 unspecified atom stereocenters. The van der Waals surface area contributed by atoms with Gasteiger partial charge in [0.05, 0.1) is 5.69 Å². The van der Waals surface area contributed by atoms with Crippen molar-refractivity contribution in [2.45, 2.75) is 0 Å². The zero-order valence-electron chi connectivity index (χ0n) is 14.1. The minimum absolute atomic E-state index is 0.442. The monoisotopic (exact) mass is 410 g/mol. The van der Waals surface area contributed by atoms with Gasteiger partial charge in [-0.3, -0.25) is 5.43 Å². The van der Waals surface area contributed by atoms with E-state index in [0.29, 0.717) is 14.9 Å². The van der Waals surface area contributed by atoms with E-state index in [2.05, 4.69) is 33.9 Å². The van der Waals surface area contributed by atoms with Crippen LogP contribution in [0.1, 0.15) is 0 Å². The summed E-state index contributed by atoms with van der Waals surface area (Å²) in [7, 11) is 0. The van der Waals surface area contributed by atoms with Gasteiger partial charge >= 0.3 is 0 Å². The molecular formula is C20H15ClN4S2. The van der Waals surface area contributed by atoms with Crippen molar-refractivity contribution in [3.8, 4) is 11.3 Å². The summed E-state index contributed by atoms with van der Waals surface area (Å²) >= 11 is 16.9. The van der Waals surface area contributed by atoms with Crippen LogP contribution in [0.15, 0.2) is 72.9 Å². The van der Waals surface area contributed by atoms with E-state index in [1.807, 2.05) is 54.7 Å². The first kappa shape index (κ1) is 17.7. The molecule has 0 fully saturated rings. The molecule has 4 aromatic rings. The predicted octanol–water partition coefficient (Wildman–Crippen LogP) is 5.96. The van der Waals surface area contributed by atoms with Gasteiger partial charge in [-0.05, 0) is 48.0 Å². The van der Waals surface area contributed by atoms with Gasteiger partial charge in [0.1, 0.15) is 0 Å². The number of nitrogens with one attached hydrogen (secondary N) is 3. The molecule has 1 aromatic heterocycles. The fourth-order valence-corrected chi connectivity index (χ4v) is 3.43. The summed E-state index contributed by atoms with van der Waals surface area (Å²) in [6.45, 7) is 0. The summed E-state index contributed by atoms with van der Waals surface area (Å²) in [6, 6.07) is 21.7. The maximum absolute atomic E-state index is 5.98. The van der Waals surface area contributed by atoms with E-state index in [9.17, 15) is 0 Å². The van der Waals surface area contributed by atoms with Crippen molar-refractivity contribution < 1.29 is 0 Å². The number of anilines is 1. The number of imidazole rings is 1. The molecule has 27 heavy (non-hydrogen) atoms. The Hall–Kier alpha value is -2.67. The Morgan fingerprint density at radius 3 is 2.52 bits per heavy atom. The fraction of sp³-hybridized carbons (Fsp3) is 0. The number of hydrogen-bond acceptors (Lipinski definition) is 2. The van der Waals surface area contributed by atoms with E-state index in [1.54, 1.807) is 4.68 Å². The first-order valence-corrected chi connectivity index (χ1v) is 9.43. The molecule has 4 nitrogen and oxygen atoms in total. The Balaban J connectivity index is 1.61. The van der Waals surface area contributed by atoms with E-state index in [0.717, 1.165) is 27.7 Å². The first-order chi connectivity index (χ1) is 13.1. The standard InChI is InChI=1S/C20H15ClN4S2/c21-15-10-8-14(9-11-15)18-12-22-20(27)25(18)24-19(26)23-17-7-3-5-13-4-1-2-6-16(13)17/h1-12H,(H,22,27)(H2,23,24,26). The summed E-state index contributed by atoms with van der Waals surface area (Å²) < 4.78 is 2.25. The van der Waals surface area contributed by atoms with Crippen LogP contribution in [0, 0.1) is 4.77 Å². The average Bonchev–Trinajstić information content (AvgIpc) is 3.03. The largest absolute Gasteiger partial charge is 0.335 e. The van der Waals surface area contributed by atoms with E-state index >= 15 is 0 Å². The second kappa shape index (κ2) is 7.52. The normalized spacial score (nSPS) is 10.7. The lowest BCUT2D eigenvalue weighted by Gasteiger charge is -2.15. The molecule has 1 heterocycles. The first-order valence-electron chi connectivity index (χ1n) is 8.24. The number of aromatic nitrogens is 2. The lowest BCUT2D eigenvalue weighted by Crippen LogP contribution is -2.28. The summed E-state index contributed by atoms with van der Waals surface area (Å²) in [5.74, 6) is 0. The van der Waals surface area contributed by atoms with Gasteiger partial charge in [-0.1, -0.05) is 60.1 Å². The van der Waals surface area contributed by atoms with Crippen LogP contribution in [0.2, 0.25) is 5.02 Å². The highest BCUT2D eigenvalue weighted by molar-refractivity contribution is 7.80. The average molecular weight is 411 g/mol. The van der Waals surface area contributed by atoms with Crippen LogP contribution in [0.4, 0.5) is 5.69 Å². The van der Waals surface area contributed by atoms with Crippen LogP contribution >= 0.6 is 36.0 Å². The number of H-pyrrole nitrogens is 1. The molecule has 0 atom stereocenters. The molecule has 0 aliphatic heterocycles. The van der Waals surface area contributed by atoms with Gasteiger partial charge in [-0.15, -0.1) is 0 Å². The van der Waals surface area contributed by atoms with Crippen LogP contribution in [0.25, 0.3) is 22.0 Å². The topological polar surface area (TPSA) is 44.8 Å². The molecule has 4 rings (SSSR count). The van der Waals surface area contributed by atoms with E-state index in [-0.39, 0.29) is 0 Å². The highest BCUT2D eigenvalue weighted by Crippen LogP contribution is 2.24. The fourth-order valence-electron chi connectivity index (χ4n) is 2.90. The number of hydrogen-bond donors (Lipinski definition) is 3. The van der Waals surface area contributed by atoms with Crippen molar-refractivity contribution in [3.63, 3.8) is 0 Å². The van der Waals surface area contributed by atoms with Crippen molar-refractivity contribution in [1.82, 2.24) is 9.66 Å². The summed E-state index contributed by atoms with van der Waals surface area (Å²) in [5, 5.41) is 6.62. The van der Waals surface area contributed by atoms with Gasteiger partial charge in [0.15, 0.2) is 9.88 Å². The molecule has 134 valence electrons. The number of fused-ring (bicyclic) bond motifs is 1. The third-order valence-corrected chi connectivity index (χ3v) is 4.91. The number of aromatic amines is 1. The van der Waals surface area contributed by atoms with Crippen molar-refractivity contribution in [2.75, 3.05) is 10.7 Å². The molecule has 0 bridgehead atoms. The van der Waals surface area contributed by atoms with Crippen molar-refractivity contribution in [1.29, 1.82) is 0 Å². The molecule has 0 radical (unpaired) electrons. The molecule has 3 aromatic carbocycles. The molecule has 0 amide bonds. The number of rotatable bonds is 3. The van der Waals surface area contributed by atoms with Crippen LogP contribution in [-0.4, -0.2) is 14.8 Å². The Bertz CT molecular complexity index is 1170. The molecule has 0 saturated carbocycles. The van der Waals surface area contributed by atoms with Crippen LogP contribution in [0.5, 0.6) is 0 Å². The SMILES string of the molecule is S=C(Nc1cccc2ccccc12)Nn1c(-c2ccc(Cl)cc2)c[nH]c1=S. The highest BCUT2D eigenvalue weighted by Gasteiger charge is 2.09. The quantitative estimate of drug-likeness (QED) is 0.364. The lowest BCUT2D eigenvalue weighted by atomic mass is 10.1. The van der Waals surface area contributed by atoms with Gasteiger partial charge in [0, 0.05) is 27.9 Å². The predicted molar refractivity (Wildman–Crippen MR) is 120 cm³/mol. The van der Waals surface area contributed by atoms with Gasteiger partial charge in [-0.25, -0.2) is 4.68 Å². The molecule has 7 heteroatoms. The molecule has 0 aliphatic carbocycles. The summed E-state index contributed by atoms with van der Waals surface area (Å²) in [4.78, 5) is 3.04. The van der Waals surface area contributed by atoms with Gasteiger partial charge in [0.2, 0.25) is 0 Å². The van der Waals surface area contributed by atoms with Crippen LogP contribution < -0.4 is 10.7 Å². The van der Waals surface area contributed by atoms with Gasteiger partial charge in [0.25, 0.3) is 0 Å². The maximum atomic E-state index is 5.98. The molecule has 0 spiro atoms. The Morgan fingerprint density at radius 1 is 0.963 bits per heavy atom. The molecular weight excluding hydrogens is 396 g/mol. The second-order valence-corrected chi connectivity index (χ2v) is 7.15. The Kier molecular flexibility index (Phi) is 4.94. The smallest absolute Gasteiger partial charge is 0.196 e. The van der Waals surface area contributed by atoms with Crippen molar-refractivity contribution >= 4 is 57.6 Å². The zero-order chi connectivity index (χ0) is 18.8. The molecule has 0 aliphatic rings. The van der Waals surface area contributed by atoms with Crippen LogP contribution in [0.3, 0.4) is 0 Å². The third kappa shape index (κ3) is 3.73. The number of benzene rings is 3. The van der Waals surface area contributed by atoms with Crippen LogP contribution in [-0.2, 0) is 0 Å². The minimum Gasteiger partial charge on any atom is -0.335 e. The maximum Gasteiger partial charge on any atom is 0.196 e. The number of halogens is 1. The van der Waals surface area contributed by atoms with Crippen molar-refractivity contribution in [2.24, 2.45) is 0 Å². The highest BCUT2D eigenvalue weighted by atomic mass is 35.5. The number of nitrogens with zero attached hydrogens (tertiary/aromatic N) is 1. The Labute approximate surface area is 171 Å². The van der Waals surface area contributed by atoms with Crippen molar-refractivity contribution in [3.05, 3.63) is 82.7 Å². The van der Waals surface area contributed by atoms with E-state index in [1.165, 1.54) is 0 Å². The Morgan fingerprint density at radius 2 is 1.70 bits per heavy atom. The zero-order valence-corrected chi connectivity index (χ0v) is 16.5. The lowest BCUT2D eigenvalue weighted by molar-refractivity contribution is 0.963. The van der Waals surface area contributed by atoms with E-state index in [4.69, 9.17) is 36.0 Å². The van der Waals surface area contributed by atoms with E-state index < -0.39 is 0 Å². The van der Waals surface area contributed by atoms with Gasteiger partial charge < -0.3 is 10.3 Å². The number of thiocarbonyl (C=S) groups is 1. The summed E-state index contributed by atoms with van der Waals surface area (Å²) in [5.41, 5.74) is 5.91.